The summed E-state index contributed by atoms with van der Waals surface area (Å²) < 4.78 is 10.8. The van der Waals surface area contributed by atoms with Gasteiger partial charge in [0.2, 0.25) is 5.89 Å². The molecule has 1 amide bonds. The molecule has 0 bridgehead atoms. The minimum Gasteiger partial charge on any atom is -0.479 e. The summed E-state index contributed by atoms with van der Waals surface area (Å²) in [5, 5.41) is 10.1. The molecule has 2 heterocycles. The fraction of sp³-hybridized carbons (Fsp3) is 0.438. The van der Waals surface area contributed by atoms with E-state index in [9.17, 15) is 4.79 Å². The Morgan fingerprint density at radius 1 is 1.30 bits per heavy atom. The van der Waals surface area contributed by atoms with Gasteiger partial charge in [0.25, 0.3) is 5.91 Å². The minimum atomic E-state index is -0.479. The summed E-state index contributed by atoms with van der Waals surface area (Å²) in [7, 11) is 0. The lowest BCUT2D eigenvalue weighted by atomic mass is 10.2. The van der Waals surface area contributed by atoms with Gasteiger partial charge in [0.1, 0.15) is 11.8 Å². The molecular formula is C16H20N4O3. The SMILES string of the molecule is CC(C)c1noc([C@H](C)Nc2ccc3c(c2)NC(=O)[C@@H](C)O3)n1. The first-order valence-corrected chi connectivity index (χ1v) is 7.65. The number of ether oxygens (including phenoxy) is 1. The summed E-state index contributed by atoms with van der Waals surface area (Å²) in [6, 6.07) is 5.40. The van der Waals surface area contributed by atoms with Crippen LogP contribution in [0.2, 0.25) is 0 Å². The van der Waals surface area contributed by atoms with Crippen molar-refractivity contribution < 1.29 is 14.1 Å². The third-order valence-corrected chi connectivity index (χ3v) is 3.64. The summed E-state index contributed by atoms with van der Waals surface area (Å²) in [5.41, 5.74) is 1.48. The molecule has 0 radical (unpaired) electrons. The number of hydrogen-bond donors (Lipinski definition) is 2. The van der Waals surface area contributed by atoms with E-state index in [1.807, 2.05) is 39.0 Å². The number of carbonyl (C=O) groups is 1. The Morgan fingerprint density at radius 2 is 2.09 bits per heavy atom. The van der Waals surface area contributed by atoms with E-state index >= 15 is 0 Å². The lowest BCUT2D eigenvalue weighted by molar-refractivity contribution is -0.122. The first-order valence-electron chi connectivity index (χ1n) is 7.65. The van der Waals surface area contributed by atoms with Gasteiger partial charge in [-0.05, 0) is 32.0 Å². The van der Waals surface area contributed by atoms with Crippen molar-refractivity contribution in [1.82, 2.24) is 10.1 Å². The van der Waals surface area contributed by atoms with Crippen molar-refractivity contribution in [3.05, 3.63) is 29.9 Å². The minimum absolute atomic E-state index is 0.146. The van der Waals surface area contributed by atoms with E-state index < -0.39 is 6.10 Å². The molecular weight excluding hydrogens is 296 g/mol. The summed E-state index contributed by atoms with van der Waals surface area (Å²) in [5.74, 6) is 1.95. The number of benzene rings is 1. The van der Waals surface area contributed by atoms with E-state index in [1.165, 1.54) is 0 Å². The van der Waals surface area contributed by atoms with Crippen molar-refractivity contribution in [3.63, 3.8) is 0 Å². The highest BCUT2D eigenvalue weighted by atomic mass is 16.5. The predicted molar refractivity (Wildman–Crippen MR) is 85.6 cm³/mol. The van der Waals surface area contributed by atoms with E-state index in [0.29, 0.717) is 23.2 Å². The number of hydrogen-bond acceptors (Lipinski definition) is 6. The first kappa shape index (κ1) is 15.3. The topological polar surface area (TPSA) is 89.3 Å². The fourth-order valence-corrected chi connectivity index (χ4v) is 2.27. The summed E-state index contributed by atoms with van der Waals surface area (Å²) >= 11 is 0. The quantitative estimate of drug-likeness (QED) is 0.901. The van der Waals surface area contributed by atoms with Crippen LogP contribution >= 0.6 is 0 Å². The van der Waals surface area contributed by atoms with E-state index in [4.69, 9.17) is 9.26 Å². The van der Waals surface area contributed by atoms with Gasteiger partial charge in [-0.3, -0.25) is 4.79 Å². The molecule has 0 aliphatic carbocycles. The molecule has 0 spiro atoms. The van der Waals surface area contributed by atoms with Crippen molar-refractivity contribution in [2.75, 3.05) is 10.6 Å². The Kier molecular flexibility index (Phi) is 3.94. The normalized spacial score (nSPS) is 18.1. The summed E-state index contributed by atoms with van der Waals surface area (Å²) in [4.78, 5) is 16.1. The maximum absolute atomic E-state index is 11.7. The molecule has 7 heteroatoms. The second-order valence-electron chi connectivity index (χ2n) is 5.97. The zero-order valence-corrected chi connectivity index (χ0v) is 13.6. The number of anilines is 2. The Hall–Kier alpha value is -2.57. The van der Waals surface area contributed by atoms with Gasteiger partial charge in [-0.25, -0.2) is 0 Å². The van der Waals surface area contributed by atoms with Crippen molar-refractivity contribution in [1.29, 1.82) is 0 Å². The van der Waals surface area contributed by atoms with Crippen molar-refractivity contribution in [2.24, 2.45) is 0 Å². The fourth-order valence-electron chi connectivity index (χ4n) is 2.27. The molecule has 3 rings (SSSR count). The number of carbonyl (C=O) groups excluding carboxylic acids is 1. The third kappa shape index (κ3) is 3.13. The van der Waals surface area contributed by atoms with Crippen LogP contribution in [0.15, 0.2) is 22.7 Å². The average molecular weight is 316 g/mol. The molecule has 2 atom stereocenters. The van der Waals surface area contributed by atoms with E-state index in [2.05, 4.69) is 20.8 Å². The molecule has 1 aromatic carbocycles. The molecule has 2 aromatic rings. The monoisotopic (exact) mass is 316 g/mol. The first-order chi connectivity index (χ1) is 10.9. The molecule has 2 N–H and O–H groups in total. The van der Waals surface area contributed by atoms with Crippen LogP contribution in [-0.4, -0.2) is 22.2 Å². The summed E-state index contributed by atoms with van der Waals surface area (Å²) in [6.07, 6.45) is -0.479. The van der Waals surface area contributed by atoms with Crippen LogP contribution in [0.4, 0.5) is 11.4 Å². The smallest absolute Gasteiger partial charge is 0.265 e. The molecule has 7 nitrogen and oxygen atoms in total. The van der Waals surface area contributed by atoms with Gasteiger partial charge in [-0.1, -0.05) is 19.0 Å². The molecule has 0 saturated carbocycles. The molecule has 1 aliphatic heterocycles. The number of nitrogens with one attached hydrogen (secondary N) is 2. The van der Waals surface area contributed by atoms with Crippen LogP contribution in [0.25, 0.3) is 0 Å². The van der Waals surface area contributed by atoms with Crippen LogP contribution in [-0.2, 0) is 4.79 Å². The molecule has 23 heavy (non-hydrogen) atoms. The number of amides is 1. The zero-order chi connectivity index (χ0) is 16.6. The highest BCUT2D eigenvalue weighted by Crippen LogP contribution is 2.33. The van der Waals surface area contributed by atoms with Gasteiger partial charge in [0.05, 0.1) is 5.69 Å². The molecule has 1 aromatic heterocycles. The maximum Gasteiger partial charge on any atom is 0.265 e. The van der Waals surface area contributed by atoms with Crippen LogP contribution in [0.5, 0.6) is 5.75 Å². The van der Waals surface area contributed by atoms with E-state index in [-0.39, 0.29) is 17.9 Å². The highest BCUT2D eigenvalue weighted by Gasteiger charge is 2.24. The van der Waals surface area contributed by atoms with Crippen molar-refractivity contribution in [3.8, 4) is 5.75 Å². The molecule has 122 valence electrons. The molecule has 1 aliphatic rings. The average Bonchev–Trinajstić information content (AvgIpc) is 2.99. The van der Waals surface area contributed by atoms with Gasteiger partial charge in [0.15, 0.2) is 11.9 Å². The number of aromatic nitrogens is 2. The Bertz CT molecular complexity index is 726. The zero-order valence-electron chi connectivity index (χ0n) is 13.6. The number of nitrogens with zero attached hydrogens (tertiary/aromatic N) is 2. The number of fused-ring (bicyclic) bond motifs is 1. The van der Waals surface area contributed by atoms with Gasteiger partial charge in [-0.15, -0.1) is 0 Å². The molecule has 0 saturated heterocycles. The lowest BCUT2D eigenvalue weighted by Crippen LogP contribution is -2.34. The van der Waals surface area contributed by atoms with Crippen LogP contribution < -0.4 is 15.4 Å². The van der Waals surface area contributed by atoms with Crippen molar-refractivity contribution in [2.45, 2.75) is 45.8 Å². The highest BCUT2D eigenvalue weighted by molar-refractivity contribution is 5.98. The largest absolute Gasteiger partial charge is 0.479 e. The Morgan fingerprint density at radius 3 is 2.78 bits per heavy atom. The second kappa shape index (κ2) is 5.91. The van der Waals surface area contributed by atoms with Crippen LogP contribution in [0.1, 0.15) is 51.4 Å². The van der Waals surface area contributed by atoms with Crippen LogP contribution in [0.3, 0.4) is 0 Å². The standard InChI is InChI=1S/C16H20N4O3/c1-8(2)14-19-16(23-20-14)9(3)17-11-5-6-13-12(7-11)18-15(21)10(4)22-13/h5-10,17H,1-4H3,(H,18,21)/t9-,10+/m0/s1. The lowest BCUT2D eigenvalue weighted by Gasteiger charge is -2.24. The van der Waals surface area contributed by atoms with Gasteiger partial charge >= 0.3 is 0 Å². The molecule has 0 unspecified atom stereocenters. The van der Waals surface area contributed by atoms with Gasteiger partial charge in [0, 0.05) is 11.6 Å². The molecule has 0 fully saturated rings. The van der Waals surface area contributed by atoms with Gasteiger partial charge < -0.3 is 19.9 Å². The van der Waals surface area contributed by atoms with E-state index in [0.717, 1.165) is 5.69 Å². The Balaban J connectivity index is 1.75. The second-order valence-corrected chi connectivity index (χ2v) is 5.97. The van der Waals surface area contributed by atoms with Crippen LogP contribution in [0, 0.1) is 0 Å². The van der Waals surface area contributed by atoms with Crippen molar-refractivity contribution >= 4 is 17.3 Å². The predicted octanol–water partition coefficient (Wildman–Crippen LogP) is 3.09. The summed E-state index contributed by atoms with van der Waals surface area (Å²) in [6.45, 7) is 7.68. The number of rotatable bonds is 4. The van der Waals surface area contributed by atoms with Gasteiger partial charge in [-0.2, -0.15) is 4.98 Å². The van der Waals surface area contributed by atoms with E-state index in [1.54, 1.807) is 6.92 Å². The Labute approximate surface area is 134 Å². The third-order valence-electron chi connectivity index (χ3n) is 3.64. The maximum atomic E-state index is 11.7.